The van der Waals surface area contributed by atoms with Crippen LogP contribution in [0, 0.1) is 12.7 Å². The minimum absolute atomic E-state index is 0.209. The molecule has 0 atom stereocenters. The summed E-state index contributed by atoms with van der Waals surface area (Å²) in [5.41, 5.74) is 0.256. The number of amides is 1. The predicted molar refractivity (Wildman–Crippen MR) is 82.1 cm³/mol. The lowest BCUT2D eigenvalue weighted by Crippen LogP contribution is -2.52. The number of nitrogens with zero attached hydrogens (tertiary/aromatic N) is 2. The molecule has 0 spiro atoms. The number of anilines is 1. The average molecular weight is 302 g/mol. The van der Waals surface area contributed by atoms with Crippen molar-refractivity contribution in [2.45, 2.75) is 25.3 Å². The molecule has 1 fully saturated rings. The van der Waals surface area contributed by atoms with Crippen molar-refractivity contribution in [2.75, 3.05) is 18.4 Å². The van der Waals surface area contributed by atoms with E-state index >= 15 is 0 Å². The van der Waals surface area contributed by atoms with Crippen molar-refractivity contribution in [2.24, 2.45) is 0 Å². The summed E-state index contributed by atoms with van der Waals surface area (Å²) in [6, 6.07) is 6.59. The Bertz CT molecular complexity index is 663. The van der Waals surface area contributed by atoms with Gasteiger partial charge in [0.15, 0.2) is 0 Å². The number of piperidine rings is 1. The summed E-state index contributed by atoms with van der Waals surface area (Å²) in [5.74, 6) is -0.640. The van der Waals surface area contributed by atoms with E-state index in [4.69, 9.17) is 0 Å². The maximum absolute atomic E-state index is 14.0. The Balaban J connectivity index is 1.90. The normalized spacial score (nSPS) is 17.2. The maximum atomic E-state index is 14.0. The van der Waals surface area contributed by atoms with E-state index in [1.807, 2.05) is 6.92 Å². The summed E-state index contributed by atoms with van der Waals surface area (Å²) in [6.45, 7) is 3.26. The Morgan fingerprint density at radius 1 is 1.41 bits per heavy atom. The highest BCUT2D eigenvalue weighted by atomic mass is 19.1. The van der Waals surface area contributed by atoms with Gasteiger partial charge in [-0.05, 0) is 56.6 Å². The molecule has 0 bridgehead atoms. The van der Waals surface area contributed by atoms with E-state index < -0.39 is 11.4 Å². The third kappa shape index (κ3) is 2.62. The Hall–Kier alpha value is -2.21. The van der Waals surface area contributed by atoms with Gasteiger partial charge in [-0.3, -0.25) is 9.48 Å². The molecule has 0 aliphatic carbocycles. The largest absolute Gasteiger partial charge is 0.321 e. The van der Waals surface area contributed by atoms with Crippen molar-refractivity contribution < 1.29 is 9.18 Å². The van der Waals surface area contributed by atoms with Crippen molar-refractivity contribution in [3.63, 3.8) is 0 Å². The summed E-state index contributed by atoms with van der Waals surface area (Å²) >= 11 is 0. The van der Waals surface area contributed by atoms with Crippen LogP contribution in [0.1, 0.15) is 18.4 Å². The first-order valence-electron chi connectivity index (χ1n) is 7.40. The summed E-state index contributed by atoms with van der Waals surface area (Å²) < 4.78 is 15.7. The standard InChI is InChI=1S/C16H19FN4O/c1-12-3-4-14(13(17)11-12)20-15(22)16(5-8-18-9-6-16)21-10-2-7-19-21/h2-4,7,10-11,18H,5-6,8-9H2,1H3,(H,20,22). The molecule has 22 heavy (non-hydrogen) atoms. The number of carbonyl (C=O) groups is 1. The summed E-state index contributed by atoms with van der Waals surface area (Å²) in [6.07, 6.45) is 4.68. The van der Waals surface area contributed by atoms with Crippen LogP contribution in [0.5, 0.6) is 0 Å². The zero-order valence-electron chi connectivity index (χ0n) is 12.5. The third-order valence-electron chi connectivity index (χ3n) is 4.17. The Morgan fingerprint density at radius 2 is 2.18 bits per heavy atom. The molecule has 1 saturated heterocycles. The second kappa shape index (κ2) is 5.88. The van der Waals surface area contributed by atoms with Crippen LogP contribution in [0.3, 0.4) is 0 Å². The third-order valence-corrected chi connectivity index (χ3v) is 4.17. The van der Waals surface area contributed by atoms with Gasteiger partial charge in [-0.1, -0.05) is 6.07 Å². The minimum atomic E-state index is -0.772. The number of nitrogens with one attached hydrogen (secondary N) is 2. The van der Waals surface area contributed by atoms with Gasteiger partial charge in [0.25, 0.3) is 5.91 Å². The number of rotatable bonds is 3. The van der Waals surface area contributed by atoms with Gasteiger partial charge in [-0.15, -0.1) is 0 Å². The average Bonchev–Trinajstić information content (AvgIpc) is 3.05. The zero-order chi connectivity index (χ0) is 15.6. The van der Waals surface area contributed by atoms with Crippen LogP contribution >= 0.6 is 0 Å². The maximum Gasteiger partial charge on any atom is 0.252 e. The first kappa shape index (κ1) is 14.7. The van der Waals surface area contributed by atoms with Crippen LogP contribution in [0.4, 0.5) is 10.1 Å². The molecule has 0 radical (unpaired) electrons. The SMILES string of the molecule is Cc1ccc(NC(=O)C2(n3cccn3)CCNCC2)c(F)c1. The number of aryl methyl sites for hydroxylation is 1. The van der Waals surface area contributed by atoms with Crippen molar-refractivity contribution in [3.8, 4) is 0 Å². The number of aromatic nitrogens is 2. The van der Waals surface area contributed by atoms with Crippen LogP contribution in [0.15, 0.2) is 36.7 Å². The van der Waals surface area contributed by atoms with Gasteiger partial charge in [-0.2, -0.15) is 5.10 Å². The highest BCUT2D eigenvalue weighted by molar-refractivity contribution is 5.96. The van der Waals surface area contributed by atoms with E-state index in [1.165, 1.54) is 6.07 Å². The monoisotopic (exact) mass is 302 g/mol. The van der Waals surface area contributed by atoms with Gasteiger partial charge in [0.1, 0.15) is 11.4 Å². The minimum Gasteiger partial charge on any atom is -0.321 e. The fraction of sp³-hybridized carbons (Fsp3) is 0.375. The zero-order valence-corrected chi connectivity index (χ0v) is 12.5. The van der Waals surface area contributed by atoms with Crippen LogP contribution in [0.2, 0.25) is 0 Å². The first-order valence-corrected chi connectivity index (χ1v) is 7.40. The van der Waals surface area contributed by atoms with Gasteiger partial charge in [0.05, 0.1) is 5.69 Å². The molecule has 1 aromatic heterocycles. The summed E-state index contributed by atoms with van der Waals surface area (Å²) in [4.78, 5) is 12.9. The molecular formula is C16H19FN4O. The van der Waals surface area contributed by atoms with Crippen LogP contribution in [0.25, 0.3) is 0 Å². The molecule has 1 aliphatic rings. The second-order valence-electron chi connectivity index (χ2n) is 5.67. The summed E-state index contributed by atoms with van der Waals surface area (Å²) in [7, 11) is 0. The molecule has 2 heterocycles. The Kier molecular flexibility index (Phi) is 3.94. The first-order chi connectivity index (χ1) is 10.6. The number of hydrogen-bond donors (Lipinski definition) is 2. The van der Waals surface area contributed by atoms with Crippen molar-refractivity contribution in [3.05, 3.63) is 48.0 Å². The number of carbonyl (C=O) groups excluding carboxylic acids is 1. The molecule has 3 rings (SSSR count). The van der Waals surface area contributed by atoms with E-state index in [-0.39, 0.29) is 11.6 Å². The Labute approximate surface area is 128 Å². The highest BCUT2D eigenvalue weighted by Gasteiger charge is 2.42. The smallest absolute Gasteiger partial charge is 0.252 e. The van der Waals surface area contributed by atoms with Crippen molar-refractivity contribution in [1.82, 2.24) is 15.1 Å². The van der Waals surface area contributed by atoms with Crippen LogP contribution in [-0.2, 0) is 10.3 Å². The predicted octanol–water partition coefficient (Wildman–Crippen LogP) is 2.05. The molecule has 6 heteroatoms. The van der Waals surface area contributed by atoms with E-state index in [2.05, 4.69) is 15.7 Å². The fourth-order valence-corrected chi connectivity index (χ4v) is 2.88. The van der Waals surface area contributed by atoms with Gasteiger partial charge < -0.3 is 10.6 Å². The fourth-order valence-electron chi connectivity index (χ4n) is 2.88. The second-order valence-corrected chi connectivity index (χ2v) is 5.67. The molecule has 1 aromatic carbocycles. The number of halogens is 1. The molecule has 2 aromatic rings. The van der Waals surface area contributed by atoms with Gasteiger partial charge in [0, 0.05) is 12.4 Å². The van der Waals surface area contributed by atoms with E-state index in [0.29, 0.717) is 12.8 Å². The van der Waals surface area contributed by atoms with Gasteiger partial charge in [0.2, 0.25) is 0 Å². The molecule has 0 unspecified atom stereocenters. The van der Waals surface area contributed by atoms with Crippen molar-refractivity contribution in [1.29, 1.82) is 0 Å². The van der Waals surface area contributed by atoms with Crippen LogP contribution in [-0.4, -0.2) is 28.8 Å². The van der Waals surface area contributed by atoms with Crippen molar-refractivity contribution >= 4 is 11.6 Å². The molecule has 1 amide bonds. The summed E-state index contributed by atoms with van der Waals surface area (Å²) in [5, 5.41) is 10.2. The van der Waals surface area contributed by atoms with Crippen LogP contribution < -0.4 is 10.6 Å². The molecule has 116 valence electrons. The molecule has 2 N–H and O–H groups in total. The number of benzene rings is 1. The highest BCUT2D eigenvalue weighted by Crippen LogP contribution is 2.29. The van der Waals surface area contributed by atoms with E-state index in [1.54, 1.807) is 35.3 Å². The lowest BCUT2D eigenvalue weighted by Gasteiger charge is -2.36. The molecule has 0 saturated carbocycles. The lowest BCUT2D eigenvalue weighted by molar-refractivity contribution is -0.126. The Morgan fingerprint density at radius 3 is 2.82 bits per heavy atom. The molecular weight excluding hydrogens is 283 g/mol. The molecule has 5 nitrogen and oxygen atoms in total. The van der Waals surface area contributed by atoms with E-state index in [9.17, 15) is 9.18 Å². The lowest BCUT2D eigenvalue weighted by atomic mass is 9.87. The quantitative estimate of drug-likeness (QED) is 0.912. The topological polar surface area (TPSA) is 59.0 Å². The number of hydrogen-bond acceptors (Lipinski definition) is 3. The van der Waals surface area contributed by atoms with Gasteiger partial charge >= 0.3 is 0 Å². The van der Waals surface area contributed by atoms with Gasteiger partial charge in [-0.25, -0.2) is 4.39 Å². The molecule has 1 aliphatic heterocycles. The van der Waals surface area contributed by atoms with E-state index in [0.717, 1.165) is 18.7 Å².